The molecule has 2 rings (SSSR count). The fourth-order valence-corrected chi connectivity index (χ4v) is 2.44. The van der Waals surface area contributed by atoms with E-state index in [0.29, 0.717) is 6.61 Å². The SMILES string of the molecule is CCOc1ccc(-[s+]2ccnc2)cc1. The van der Waals surface area contributed by atoms with Gasteiger partial charge in [-0.25, -0.2) is 4.98 Å². The second-order valence-electron chi connectivity index (χ2n) is 2.82. The molecule has 0 amide bonds. The fourth-order valence-electron chi connectivity index (χ4n) is 1.24. The molecule has 1 atom stereocenters. The number of hydrogen-bond donors (Lipinski definition) is 0. The minimum Gasteiger partial charge on any atom is -0.494 e. The highest BCUT2D eigenvalue weighted by Crippen LogP contribution is 2.29. The summed E-state index contributed by atoms with van der Waals surface area (Å²) < 4.78 is 5.37. The Hall–Kier alpha value is -1.35. The van der Waals surface area contributed by atoms with Gasteiger partial charge in [0.1, 0.15) is 5.75 Å². The van der Waals surface area contributed by atoms with E-state index >= 15 is 0 Å². The van der Waals surface area contributed by atoms with E-state index in [-0.39, 0.29) is 10.5 Å². The highest BCUT2D eigenvalue weighted by Gasteiger charge is 2.07. The molecule has 0 spiro atoms. The maximum absolute atomic E-state index is 5.37. The van der Waals surface area contributed by atoms with Crippen molar-refractivity contribution in [2.24, 2.45) is 0 Å². The first kappa shape index (κ1) is 9.21. The first-order chi connectivity index (χ1) is 6.90. The molecule has 1 heterocycles. The van der Waals surface area contributed by atoms with Crippen molar-refractivity contribution in [3.63, 3.8) is 0 Å². The predicted molar refractivity (Wildman–Crippen MR) is 59.2 cm³/mol. The van der Waals surface area contributed by atoms with Gasteiger partial charge in [-0.15, -0.1) is 0 Å². The number of benzene rings is 1. The summed E-state index contributed by atoms with van der Waals surface area (Å²) in [5.74, 6) is 0.931. The number of rotatable bonds is 3. The number of ether oxygens (including phenoxy) is 1. The second-order valence-corrected chi connectivity index (χ2v) is 4.51. The van der Waals surface area contributed by atoms with Gasteiger partial charge in [0.05, 0.1) is 12.8 Å². The maximum Gasteiger partial charge on any atom is 0.235 e. The number of aromatic nitrogens is 1. The van der Waals surface area contributed by atoms with Crippen LogP contribution in [0.4, 0.5) is 0 Å². The summed E-state index contributed by atoms with van der Waals surface area (Å²) in [6.07, 6.45) is 1.85. The zero-order valence-corrected chi connectivity index (χ0v) is 8.83. The Balaban J connectivity index is 2.22. The van der Waals surface area contributed by atoms with Gasteiger partial charge >= 0.3 is 0 Å². The molecular formula is C11H12NOS+. The van der Waals surface area contributed by atoms with E-state index in [1.54, 1.807) is 0 Å². The smallest absolute Gasteiger partial charge is 0.235 e. The van der Waals surface area contributed by atoms with Crippen molar-refractivity contribution in [1.82, 2.24) is 4.98 Å². The molecule has 0 bridgehead atoms. The lowest BCUT2D eigenvalue weighted by atomic mass is 10.3. The van der Waals surface area contributed by atoms with Crippen LogP contribution in [0.15, 0.2) is 41.4 Å². The largest absolute Gasteiger partial charge is 0.494 e. The fraction of sp³-hybridized carbons (Fsp3) is 0.182. The van der Waals surface area contributed by atoms with E-state index in [1.165, 1.54) is 4.90 Å². The zero-order chi connectivity index (χ0) is 9.80. The monoisotopic (exact) mass is 206 g/mol. The maximum atomic E-state index is 5.37. The average Bonchev–Trinajstić information content (AvgIpc) is 2.72. The van der Waals surface area contributed by atoms with Gasteiger partial charge < -0.3 is 4.74 Å². The second kappa shape index (κ2) is 4.24. The Morgan fingerprint density at radius 2 is 2.07 bits per heavy atom. The highest BCUT2D eigenvalue weighted by atomic mass is 32.2. The highest BCUT2D eigenvalue weighted by molar-refractivity contribution is 7.36. The summed E-state index contributed by atoms with van der Waals surface area (Å²) in [6.45, 7) is 2.70. The summed E-state index contributed by atoms with van der Waals surface area (Å²) in [4.78, 5) is 5.36. The van der Waals surface area contributed by atoms with E-state index in [9.17, 15) is 0 Å². The van der Waals surface area contributed by atoms with Crippen LogP contribution in [0, 0.1) is 0 Å². The number of hydrogen-bond acceptors (Lipinski definition) is 2. The Kier molecular flexibility index (Phi) is 2.79. The molecule has 0 saturated heterocycles. The molecule has 1 unspecified atom stereocenters. The molecule has 3 heteroatoms. The van der Waals surface area contributed by atoms with Crippen molar-refractivity contribution >= 4 is 10.5 Å². The Bertz CT molecular complexity index is 380. The average molecular weight is 206 g/mol. The van der Waals surface area contributed by atoms with Crippen LogP contribution >= 0.6 is 10.5 Å². The van der Waals surface area contributed by atoms with Crippen LogP contribution < -0.4 is 4.74 Å². The van der Waals surface area contributed by atoms with Crippen molar-refractivity contribution < 1.29 is 4.74 Å². The van der Waals surface area contributed by atoms with Crippen molar-refractivity contribution in [3.8, 4) is 10.6 Å². The quantitative estimate of drug-likeness (QED) is 0.719. The van der Waals surface area contributed by atoms with E-state index in [2.05, 4.69) is 22.5 Å². The lowest BCUT2D eigenvalue weighted by Gasteiger charge is -2.00. The van der Waals surface area contributed by atoms with Gasteiger partial charge in [0.2, 0.25) is 5.51 Å². The van der Waals surface area contributed by atoms with Crippen LogP contribution in [-0.4, -0.2) is 11.6 Å². The van der Waals surface area contributed by atoms with Crippen LogP contribution in [0.2, 0.25) is 0 Å². The lowest BCUT2D eigenvalue weighted by molar-refractivity contribution is 0.340. The molecule has 72 valence electrons. The van der Waals surface area contributed by atoms with Gasteiger partial charge in [0.15, 0.2) is 10.3 Å². The molecule has 2 aromatic rings. The van der Waals surface area contributed by atoms with Crippen LogP contribution in [0.1, 0.15) is 6.92 Å². The van der Waals surface area contributed by atoms with Crippen molar-refractivity contribution in [3.05, 3.63) is 41.4 Å². The standard InChI is InChI=1S/C11H12NOS/c1-2-13-10-3-5-11(6-4-10)14-8-7-12-9-14/h3-9H,2H2,1H3/q+1. The Morgan fingerprint density at radius 3 is 2.64 bits per heavy atom. The van der Waals surface area contributed by atoms with Gasteiger partial charge in [-0.05, 0) is 19.1 Å². The lowest BCUT2D eigenvalue weighted by Crippen LogP contribution is -1.89. The molecule has 14 heavy (non-hydrogen) atoms. The van der Waals surface area contributed by atoms with Gasteiger partial charge in [-0.1, -0.05) is 0 Å². The van der Waals surface area contributed by atoms with Gasteiger partial charge in [0, 0.05) is 22.6 Å². The predicted octanol–water partition coefficient (Wildman–Crippen LogP) is 3.22. The number of nitrogens with zero attached hydrogens (tertiary/aromatic N) is 1. The summed E-state index contributed by atoms with van der Waals surface area (Å²) in [5.41, 5.74) is 1.97. The summed E-state index contributed by atoms with van der Waals surface area (Å²) in [7, 11) is 0.0693. The third kappa shape index (κ3) is 1.93. The molecule has 0 fully saturated rings. The van der Waals surface area contributed by atoms with Crippen LogP contribution in [0.25, 0.3) is 4.90 Å². The molecule has 0 aliphatic rings. The van der Waals surface area contributed by atoms with Crippen molar-refractivity contribution in [2.75, 3.05) is 6.61 Å². The van der Waals surface area contributed by atoms with Crippen molar-refractivity contribution in [1.29, 1.82) is 0 Å². The minimum absolute atomic E-state index is 0.0693. The third-order valence-electron chi connectivity index (χ3n) is 1.87. The van der Waals surface area contributed by atoms with Gasteiger partial charge in [-0.2, -0.15) is 0 Å². The zero-order valence-electron chi connectivity index (χ0n) is 8.01. The first-order valence-electron chi connectivity index (χ1n) is 4.55. The Morgan fingerprint density at radius 1 is 1.29 bits per heavy atom. The molecular weight excluding hydrogens is 194 g/mol. The van der Waals surface area contributed by atoms with E-state index in [4.69, 9.17) is 4.74 Å². The van der Waals surface area contributed by atoms with E-state index in [0.717, 1.165) is 5.75 Å². The molecule has 0 N–H and O–H groups in total. The van der Waals surface area contributed by atoms with Crippen molar-refractivity contribution in [2.45, 2.75) is 6.92 Å². The molecule has 0 aliphatic heterocycles. The molecule has 1 aromatic heterocycles. The molecule has 0 radical (unpaired) electrons. The van der Waals surface area contributed by atoms with E-state index < -0.39 is 0 Å². The number of thiazole rings is 1. The topological polar surface area (TPSA) is 22.1 Å². The van der Waals surface area contributed by atoms with Gasteiger partial charge in [0.25, 0.3) is 0 Å². The van der Waals surface area contributed by atoms with Gasteiger partial charge in [-0.3, -0.25) is 0 Å². The first-order valence-corrected chi connectivity index (χ1v) is 5.90. The molecule has 0 saturated carbocycles. The van der Waals surface area contributed by atoms with Crippen LogP contribution in [0.3, 0.4) is 0 Å². The molecule has 1 aromatic carbocycles. The Labute approximate surface area is 86.2 Å². The normalized spacial score (nSPS) is 11.4. The third-order valence-corrected chi connectivity index (χ3v) is 3.46. The summed E-state index contributed by atoms with van der Waals surface area (Å²) in [6, 6.07) is 8.20. The minimum atomic E-state index is 0.0693. The summed E-state index contributed by atoms with van der Waals surface area (Å²) >= 11 is 0. The molecule has 0 aliphatic carbocycles. The van der Waals surface area contributed by atoms with E-state index in [1.807, 2.05) is 30.8 Å². The van der Waals surface area contributed by atoms with Crippen LogP contribution in [0.5, 0.6) is 5.75 Å². The summed E-state index contributed by atoms with van der Waals surface area (Å²) in [5, 5.41) is 2.11. The molecule has 2 nitrogen and oxygen atoms in total. The van der Waals surface area contributed by atoms with Crippen LogP contribution in [-0.2, 0) is 0 Å².